The number of nitrogens with one attached hydrogen (secondary N) is 1. The van der Waals surface area contributed by atoms with Gasteiger partial charge in [0.2, 0.25) is 0 Å². The summed E-state index contributed by atoms with van der Waals surface area (Å²) >= 11 is 0. The zero-order chi connectivity index (χ0) is 21.9. The molecule has 2 unspecified atom stereocenters. The van der Waals surface area contributed by atoms with Gasteiger partial charge in [-0.3, -0.25) is 0 Å². The van der Waals surface area contributed by atoms with Gasteiger partial charge in [0.25, 0.3) is 0 Å². The van der Waals surface area contributed by atoms with Gasteiger partial charge in [0.1, 0.15) is 5.60 Å². The molecule has 2 rings (SSSR count). The van der Waals surface area contributed by atoms with Crippen LogP contribution in [0.1, 0.15) is 48.5 Å². The number of hydrogen-bond donors (Lipinski definition) is 1. The van der Waals surface area contributed by atoms with E-state index in [1.54, 1.807) is 4.90 Å². The van der Waals surface area contributed by atoms with Crippen LogP contribution < -0.4 is 5.32 Å². The summed E-state index contributed by atoms with van der Waals surface area (Å²) in [5.41, 5.74) is -0.459. The topological polar surface area (TPSA) is 78.5 Å². The normalized spacial score (nSPS) is 23.0. The lowest BCUT2D eigenvalue weighted by molar-refractivity contribution is -0.0814. The molecule has 0 bridgehead atoms. The average molecular weight is 419 g/mol. The third-order valence-corrected chi connectivity index (χ3v) is 4.03. The van der Waals surface area contributed by atoms with Gasteiger partial charge in [0, 0.05) is 19.6 Å². The van der Waals surface area contributed by atoms with Crippen molar-refractivity contribution in [2.75, 3.05) is 52.6 Å². The Kier molecular flexibility index (Phi) is 12.1. The lowest BCUT2D eigenvalue weighted by Gasteiger charge is -2.34. The number of carbonyl (C=O) groups excluding carboxylic acids is 1. The predicted octanol–water partition coefficient (Wildman–Crippen LogP) is 2.45. The van der Waals surface area contributed by atoms with E-state index in [9.17, 15) is 4.79 Å². The molecule has 2 fully saturated rings. The minimum Gasteiger partial charge on any atom is -0.444 e. The first-order valence-corrected chi connectivity index (χ1v) is 10.7. The quantitative estimate of drug-likeness (QED) is 0.710. The smallest absolute Gasteiger partial charge is 0.410 e. The van der Waals surface area contributed by atoms with Crippen LogP contribution in [0.5, 0.6) is 0 Å². The lowest BCUT2D eigenvalue weighted by Crippen LogP contribution is -2.49. The van der Waals surface area contributed by atoms with Crippen LogP contribution in [0.3, 0.4) is 0 Å². The SMILES string of the molecule is CC(C)OCC1CN(C(=O)OC(C)(C)C)CCO1.CC(C)OCC1CNCCO1. The van der Waals surface area contributed by atoms with Crippen LogP contribution in [0, 0.1) is 0 Å². The van der Waals surface area contributed by atoms with Crippen molar-refractivity contribution in [3.8, 4) is 0 Å². The van der Waals surface area contributed by atoms with Crippen molar-refractivity contribution in [1.82, 2.24) is 10.2 Å². The highest BCUT2D eigenvalue weighted by atomic mass is 16.6. The molecule has 0 saturated carbocycles. The Hall–Kier alpha value is -0.930. The van der Waals surface area contributed by atoms with E-state index >= 15 is 0 Å². The molecule has 0 aliphatic carbocycles. The summed E-state index contributed by atoms with van der Waals surface area (Å²) in [6.45, 7) is 19.2. The van der Waals surface area contributed by atoms with Gasteiger partial charge in [-0.2, -0.15) is 0 Å². The maximum absolute atomic E-state index is 11.9. The third-order valence-electron chi connectivity index (χ3n) is 4.03. The van der Waals surface area contributed by atoms with E-state index in [1.807, 2.05) is 48.5 Å². The highest BCUT2D eigenvalue weighted by Gasteiger charge is 2.28. The van der Waals surface area contributed by atoms with E-state index in [0.29, 0.717) is 39.0 Å². The van der Waals surface area contributed by atoms with Crippen LogP contribution in [0.4, 0.5) is 4.79 Å². The summed E-state index contributed by atoms with van der Waals surface area (Å²) in [7, 11) is 0. The van der Waals surface area contributed by atoms with Gasteiger partial charge in [0.05, 0.1) is 57.4 Å². The minimum atomic E-state index is -0.459. The molecule has 172 valence electrons. The number of nitrogens with zero attached hydrogens (tertiary/aromatic N) is 1. The van der Waals surface area contributed by atoms with E-state index in [0.717, 1.165) is 19.7 Å². The van der Waals surface area contributed by atoms with Crippen LogP contribution in [0.2, 0.25) is 0 Å². The molecule has 0 aromatic carbocycles. The van der Waals surface area contributed by atoms with Crippen molar-refractivity contribution >= 4 is 6.09 Å². The monoisotopic (exact) mass is 418 g/mol. The molecular weight excluding hydrogens is 376 g/mol. The second-order valence-corrected chi connectivity index (χ2v) is 8.88. The molecule has 8 heteroatoms. The van der Waals surface area contributed by atoms with Crippen molar-refractivity contribution < 1.29 is 28.5 Å². The van der Waals surface area contributed by atoms with E-state index in [1.165, 1.54) is 0 Å². The summed E-state index contributed by atoms with van der Waals surface area (Å²) in [5, 5.41) is 3.25. The summed E-state index contributed by atoms with van der Waals surface area (Å²) in [5.74, 6) is 0. The summed E-state index contributed by atoms with van der Waals surface area (Å²) in [4.78, 5) is 13.6. The maximum atomic E-state index is 11.9. The highest BCUT2D eigenvalue weighted by molar-refractivity contribution is 5.68. The van der Waals surface area contributed by atoms with Crippen molar-refractivity contribution in [3.63, 3.8) is 0 Å². The molecular formula is C21H42N2O6. The Morgan fingerprint density at radius 2 is 1.62 bits per heavy atom. The minimum absolute atomic E-state index is 0.0614. The summed E-state index contributed by atoms with van der Waals surface area (Å²) < 4.78 is 27.3. The number of rotatable bonds is 6. The Morgan fingerprint density at radius 1 is 1.03 bits per heavy atom. The molecule has 2 heterocycles. The van der Waals surface area contributed by atoms with Crippen LogP contribution in [0.25, 0.3) is 0 Å². The van der Waals surface area contributed by atoms with Crippen molar-refractivity contribution in [3.05, 3.63) is 0 Å². The second-order valence-electron chi connectivity index (χ2n) is 8.88. The van der Waals surface area contributed by atoms with Gasteiger partial charge in [-0.05, 0) is 48.5 Å². The highest BCUT2D eigenvalue weighted by Crippen LogP contribution is 2.13. The van der Waals surface area contributed by atoms with Gasteiger partial charge >= 0.3 is 6.09 Å². The number of morpholine rings is 2. The fourth-order valence-corrected chi connectivity index (χ4v) is 2.64. The third kappa shape index (κ3) is 13.1. The van der Waals surface area contributed by atoms with Crippen molar-refractivity contribution in [1.29, 1.82) is 0 Å². The molecule has 0 spiro atoms. The fourth-order valence-electron chi connectivity index (χ4n) is 2.64. The zero-order valence-electron chi connectivity index (χ0n) is 19.4. The number of carbonyl (C=O) groups is 1. The molecule has 2 aliphatic rings. The summed E-state index contributed by atoms with van der Waals surface area (Å²) in [6, 6.07) is 0. The van der Waals surface area contributed by atoms with E-state index < -0.39 is 5.60 Å². The number of amides is 1. The maximum Gasteiger partial charge on any atom is 0.410 e. The Labute approximate surface area is 176 Å². The number of hydrogen-bond acceptors (Lipinski definition) is 7. The zero-order valence-corrected chi connectivity index (χ0v) is 19.4. The van der Waals surface area contributed by atoms with Crippen LogP contribution in [0.15, 0.2) is 0 Å². The molecule has 2 saturated heterocycles. The second kappa shape index (κ2) is 13.4. The van der Waals surface area contributed by atoms with Gasteiger partial charge in [-0.15, -0.1) is 0 Å². The van der Waals surface area contributed by atoms with Gasteiger partial charge < -0.3 is 33.9 Å². The molecule has 8 nitrogen and oxygen atoms in total. The van der Waals surface area contributed by atoms with Crippen LogP contribution in [-0.4, -0.2) is 93.6 Å². The van der Waals surface area contributed by atoms with Gasteiger partial charge in [-0.25, -0.2) is 4.79 Å². The molecule has 1 amide bonds. The summed E-state index contributed by atoms with van der Waals surface area (Å²) in [6.07, 6.45) is 0.395. The van der Waals surface area contributed by atoms with Crippen molar-refractivity contribution in [2.45, 2.75) is 78.5 Å². The average Bonchev–Trinajstić information content (AvgIpc) is 2.65. The van der Waals surface area contributed by atoms with Gasteiger partial charge in [-0.1, -0.05) is 0 Å². The van der Waals surface area contributed by atoms with E-state index in [4.69, 9.17) is 23.7 Å². The van der Waals surface area contributed by atoms with Crippen LogP contribution >= 0.6 is 0 Å². The van der Waals surface area contributed by atoms with Crippen molar-refractivity contribution in [2.24, 2.45) is 0 Å². The molecule has 0 radical (unpaired) electrons. The Bertz CT molecular complexity index is 447. The first kappa shape index (κ1) is 26.1. The van der Waals surface area contributed by atoms with Crippen LogP contribution in [-0.2, 0) is 23.7 Å². The van der Waals surface area contributed by atoms with E-state index in [2.05, 4.69) is 5.32 Å². The number of ether oxygens (including phenoxy) is 5. The molecule has 29 heavy (non-hydrogen) atoms. The fraction of sp³-hybridized carbons (Fsp3) is 0.952. The molecule has 1 N–H and O–H groups in total. The molecule has 0 aromatic rings. The largest absolute Gasteiger partial charge is 0.444 e. The Balaban J connectivity index is 0.000000326. The van der Waals surface area contributed by atoms with E-state index in [-0.39, 0.29) is 24.4 Å². The molecule has 2 aliphatic heterocycles. The lowest BCUT2D eigenvalue weighted by atomic mass is 10.2. The first-order chi connectivity index (χ1) is 13.6. The first-order valence-electron chi connectivity index (χ1n) is 10.7. The van der Waals surface area contributed by atoms with Gasteiger partial charge in [0.15, 0.2) is 0 Å². The Morgan fingerprint density at radius 3 is 2.14 bits per heavy atom. The molecule has 2 atom stereocenters. The standard InChI is InChI=1S/C13H25NO4.C8H17NO2/c1-10(2)17-9-11-8-14(6-7-16-11)12(15)18-13(3,4)5;1-7(2)11-6-8-5-9-3-4-10-8/h10-11H,6-9H2,1-5H3;7-9H,3-6H2,1-2H3. The predicted molar refractivity (Wildman–Crippen MR) is 112 cm³/mol. The molecule has 0 aromatic heterocycles.